The normalized spacial score (nSPS) is 25.4. The van der Waals surface area contributed by atoms with Gasteiger partial charge in [0.05, 0.1) is 6.04 Å². The maximum Gasteiger partial charge on any atom is 0.407 e. The fourth-order valence-corrected chi connectivity index (χ4v) is 7.98. The zero-order chi connectivity index (χ0) is 32.3. The molecule has 45 heavy (non-hydrogen) atoms. The Morgan fingerprint density at radius 3 is 2.42 bits per heavy atom. The number of piperazine rings is 1. The van der Waals surface area contributed by atoms with Crippen LogP contribution in [0.3, 0.4) is 0 Å². The third-order valence-corrected chi connectivity index (χ3v) is 10.4. The standard InChI is InChI=1S/C35H53N5O5/c1-23(40(34(44)45)22-35(2,3)4)31(41)37-30(25-13-6-5-7-14-25)33(43)39-20-26-16-11-19-38(26)21-29(39)32(42)36-28-18-10-15-24-12-8-9-17-27(24)28/h8-9,12,17,23,25-26,28-30H,5-7,10-11,13-16,18-22H2,1-4H3,(H,36,42)(H,37,41)(H,44,45)/t23-,26+,28+,29-,30-/m0/s1. The summed E-state index contributed by atoms with van der Waals surface area (Å²) in [7, 11) is 0. The van der Waals surface area contributed by atoms with Crippen molar-refractivity contribution in [3.05, 3.63) is 35.4 Å². The van der Waals surface area contributed by atoms with Crippen molar-refractivity contribution in [3.63, 3.8) is 0 Å². The van der Waals surface area contributed by atoms with Gasteiger partial charge >= 0.3 is 6.09 Å². The van der Waals surface area contributed by atoms with Gasteiger partial charge in [-0.05, 0) is 80.9 Å². The molecular formula is C35H53N5O5. The largest absolute Gasteiger partial charge is 0.465 e. The van der Waals surface area contributed by atoms with Gasteiger partial charge in [-0.15, -0.1) is 0 Å². The van der Waals surface area contributed by atoms with Crippen molar-refractivity contribution in [2.45, 2.75) is 122 Å². The van der Waals surface area contributed by atoms with E-state index in [0.717, 1.165) is 81.2 Å². The molecule has 0 radical (unpaired) electrons. The molecule has 0 spiro atoms. The molecule has 10 nitrogen and oxygen atoms in total. The monoisotopic (exact) mass is 623 g/mol. The summed E-state index contributed by atoms with van der Waals surface area (Å²) < 4.78 is 0. The van der Waals surface area contributed by atoms with E-state index in [-0.39, 0.29) is 41.8 Å². The van der Waals surface area contributed by atoms with Crippen LogP contribution in [0.25, 0.3) is 0 Å². The first-order chi connectivity index (χ1) is 21.4. The lowest BCUT2D eigenvalue weighted by Gasteiger charge is -2.45. The molecule has 4 amide bonds. The molecule has 2 saturated heterocycles. The minimum absolute atomic E-state index is 0.0566. The van der Waals surface area contributed by atoms with Crippen LogP contribution in [0, 0.1) is 11.3 Å². The van der Waals surface area contributed by atoms with Crippen LogP contribution >= 0.6 is 0 Å². The van der Waals surface area contributed by atoms with Crippen molar-refractivity contribution >= 4 is 23.8 Å². The first-order valence-corrected chi connectivity index (χ1v) is 17.2. The van der Waals surface area contributed by atoms with E-state index in [2.05, 4.69) is 27.7 Å². The molecule has 2 aliphatic carbocycles. The number of carbonyl (C=O) groups is 4. The SMILES string of the molecule is C[C@@H](C(=O)N[C@H](C(=O)N1C[C@H]2CCCN2C[C@H]1C(=O)N[C@@H]1CCCc2ccccc21)C1CCCCC1)N(CC(C)(C)C)C(=O)O. The summed E-state index contributed by atoms with van der Waals surface area (Å²) in [4.78, 5) is 59.9. The van der Waals surface area contributed by atoms with Crippen molar-refractivity contribution in [2.24, 2.45) is 11.3 Å². The van der Waals surface area contributed by atoms with Gasteiger partial charge in [0.15, 0.2) is 0 Å². The molecule has 4 aliphatic rings. The lowest BCUT2D eigenvalue weighted by atomic mass is 9.82. The fourth-order valence-electron chi connectivity index (χ4n) is 7.98. The molecule has 5 atom stereocenters. The van der Waals surface area contributed by atoms with Gasteiger partial charge in [0, 0.05) is 25.7 Å². The van der Waals surface area contributed by atoms with Crippen LogP contribution in [0.2, 0.25) is 0 Å². The van der Waals surface area contributed by atoms with Gasteiger partial charge in [-0.1, -0.05) is 64.3 Å². The summed E-state index contributed by atoms with van der Waals surface area (Å²) in [5.41, 5.74) is 2.08. The third-order valence-electron chi connectivity index (χ3n) is 10.4. The van der Waals surface area contributed by atoms with E-state index in [1.54, 1.807) is 11.8 Å². The topological polar surface area (TPSA) is 122 Å². The van der Waals surface area contributed by atoms with E-state index in [9.17, 15) is 24.3 Å². The molecule has 3 fully saturated rings. The number of carboxylic acid groups (broad SMARTS) is 1. The van der Waals surface area contributed by atoms with Crippen LogP contribution in [-0.2, 0) is 20.8 Å². The van der Waals surface area contributed by atoms with E-state index in [1.165, 1.54) is 5.56 Å². The van der Waals surface area contributed by atoms with Crippen molar-refractivity contribution in [3.8, 4) is 0 Å². The first-order valence-electron chi connectivity index (χ1n) is 17.2. The molecule has 1 aromatic carbocycles. The number of hydrogen-bond acceptors (Lipinski definition) is 5. The Morgan fingerprint density at radius 1 is 0.978 bits per heavy atom. The number of nitrogens with zero attached hydrogens (tertiary/aromatic N) is 3. The molecule has 5 rings (SSSR count). The number of amides is 4. The maximum absolute atomic E-state index is 14.7. The van der Waals surface area contributed by atoms with Crippen molar-refractivity contribution in [1.29, 1.82) is 0 Å². The van der Waals surface area contributed by atoms with Gasteiger partial charge in [-0.25, -0.2) is 4.79 Å². The van der Waals surface area contributed by atoms with Gasteiger partial charge in [-0.2, -0.15) is 0 Å². The molecule has 1 aromatic rings. The van der Waals surface area contributed by atoms with E-state index < -0.39 is 30.1 Å². The number of carbonyl (C=O) groups excluding carboxylic acids is 3. The smallest absolute Gasteiger partial charge is 0.407 e. The highest BCUT2D eigenvalue weighted by atomic mass is 16.4. The van der Waals surface area contributed by atoms with Crippen LogP contribution in [0.4, 0.5) is 4.79 Å². The third kappa shape index (κ3) is 7.81. The van der Waals surface area contributed by atoms with Crippen LogP contribution in [0.15, 0.2) is 24.3 Å². The second-order valence-corrected chi connectivity index (χ2v) is 15.0. The Morgan fingerprint density at radius 2 is 1.71 bits per heavy atom. The minimum atomic E-state index is -1.16. The summed E-state index contributed by atoms with van der Waals surface area (Å²) in [5.74, 6) is -0.876. The number of hydrogen-bond donors (Lipinski definition) is 3. The first kappa shape index (κ1) is 33.2. The Bertz CT molecular complexity index is 1240. The lowest BCUT2D eigenvalue weighted by Crippen LogP contribution is -2.66. The van der Waals surface area contributed by atoms with Gasteiger partial charge in [0.1, 0.15) is 18.1 Å². The van der Waals surface area contributed by atoms with Crippen LogP contribution in [0.1, 0.15) is 103 Å². The number of fused-ring (bicyclic) bond motifs is 2. The van der Waals surface area contributed by atoms with Gasteiger partial charge in [-0.3, -0.25) is 24.2 Å². The van der Waals surface area contributed by atoms with Crippen molar-refractivity contribution in [1.82, 2.24) is 25.3 Å². The maximum atomic E-state index is 14.7. The molecule has 2 aliphatic heterocycles. The van der Waals surface area contributed by atoms with Gasteiger partial charge in [0.25, 0.3) is 0 Å². The van der Waals surface area contributed by atoms with Crippen molar-refractivity contribution < 1.29 is 24.3 Å². The molecule has 248 valence electrons. The van der Waals surface area contributed by atoms with Crippen LogP contribution in [-0.4, -0.2) is 94.0 Å². The van der Waals surface area contributed by atoms with E-state index in [4.69, 9.17) is 0 Å². The molecule has 2 heterocycles. The average Bonchev–Trinajstić information content (AvgIpc) is 3.49. The number of benzene rings is 1. The number of nitrogens with one attached hydrogen (secondary N) is 2. The molecule has 0 aromatic heterocycles. The Hall–Kier alpha value is -3.14. The van der Waals surface area contributed by atoms with Crippen LogP contribution in [0.5, 0.6) is 0 Å². The molecule has 0 unspecified atom stereocenters. The Labute approximate surface area is 268 Å². The summed E-state index contributed by atoms with van der Waals surface area (Å²) in [6, 6.07) is 5.97. The second-order valence-electron chi connectivity index (χ2n) is 15.0. The second kappa shape index (κ2) is 14.1. The predicted octanol–water partition coefficient (Wildman–Crippen LogP) is 4.34. The quantitative estimate of drug-likeness (QED) is 0.396. The highest BCUT2D eigenvalue weighted by Crippen LogP contribution is 2.33. The summed E-state index contributed by atoms with van der Waals surface area (Å²) >= 11 is 0. The average molecular weight is 624 g/mol. The summed E-state index contributed by atoms with van der Waals surface area (Å²) in [6.45, 7) is 9.43. The Balaban J connectivity index is 1.39. The van der Waals surface area contributed by atoms with E-state index in [0.29, 0.717) is 13.1 Å². The minimum Gasteiger partial charge on any atom is -0.465 e. The summed E-state index contributed by atoms with van der Waals surface area (Å²) in [5, 5.41) is 16.3. The predicted molar refractivity (Wildman–Crippen MR) is 173 cm³/mol. The summed E-state index contributed by atoms with van der Waals surface area (Å²) in [6.07, 6.45) is 8.40. The van der Waals surface area contributed by atoms with E-state index >= 15 is 0 Å². The molecule has 1 saturated carbocycles. The fraction of sp³-hybridized carbons (Fsp3) is 0.714. The van der Waals surface area contributed by atoms with E-state index in [1.807, 2.05) is 32.9 Å². The zero-order valence-electron chi connectivity index (χ0n) is 27.6. The molecular weight excluding hydrogens is 570 g/mol. The van der Waals surface area contributed by atoms with Gasteiger partial charge < -0.3 is 20.6 Å². The van der Waals surface area contributed by atoms with Crippen LogP contribution < -0.4 is 10.6 Å². The Kier molecular flexibility index (Phi) is 10.4. The highest BCUT2D eigenvalue weighted by Gasteiger charge is 2.46. The number of rotatable bonds is 8. The van der Waals surface area contributed by atoms with Gasteiger partial charge in [0.2, 0.25) is 17.7 Å². The molecule has 0 bridgehead atoms. The number of aryl methyl sites for hydroxylation is 1. The highest BCUT2D eigenvalue weighted by molar-refractivity contribution is 5.94. The lowest BCUT2D eigenvalue weighted by molar-refractivity contribution is -0.150. The zero-order valence-corrected chi connectivity index (χ0v) is 27.6. The molecule has 10 heteroatoms. The molecule has 3 N–H and O–H groups in total. The van der Waals surface area contributed by atoms with Crippen molar-refractivity contribution in [2.75, 3.05) is 26.2 Å².